The third-order valence-corrected chi connectivity index (χ3v) is 2.97. The summed E-state index contributed by atoms with van der Waals surface area (Å²) in [5.74, 6) is 0.377. The summed E-state index contributed by atoms with van der Waals surface area (Å²) in [6, 6.07) is 4.70. The molecule has 0 amide bonds. The van der Waals surface area contributed by atoms with Crippen LogP contribution in [0.1, 0.15) is 5.56 Å². The number of hydrogen-bond donors (Lipinski definition) is 1. The van der Waals surface area contributed by atoms with Crippen molar-refractivity contribution in [1.29, 1.82) is 0 Å². The number of rotatable bonds is 2. The highest BCUT2D eigenvalue weighted by atomic mass is 32.2. The van der Waals surface area contributed by atoms with E-state index < -0.39 is 10.8 Å². The lowest BCUT2D eigenvalue weighted by molar-refractivity contribution is 0.373. The standard InChI is InChI=1S/C10H8NO3S/c1-14-9-6-7(2-3-8(9)12)10-11-4-5-15(10)13/h2-3,5-6,12H,1H3/q-1. The van der Waals surface area contributed by atoms with Gasteiger partial charge in [-0.1, -0.05) is 17.0 Å². The molecule has 1 atom stereocenters. The lowest BCUT2D eigenvalue weighted by atomic mass is 10.2. The van der Waals surface area contributed by atoms with Gasteiger partial charge in [-0.15, -0.1) is 6.20 Å². The summed E-state index contributed by atoms with van der Waals surface area (Å²) < 4.78 is 16.4. The molecule has 0 saturated heterocycles. The molecule has 1 aromatic carbocycles. The van der Waals surface area contributed by atoms with Gasteiger partial charge < -0.3 is 14.8 Å². The fraction of sp³-hybridized carbons (Fsp3) is 0.100. The molecule has 1 N–H and O–H groups in total. The van der Waals surface area contributed by atoms with Crippen LogP contribution in [0.4, 0.5) is 0 Å². The molecule has 0 spiro atoms. The van der Waals surface area contributed by atoms with Gasteiger partial charge in [0.05, 0.1) is 7.11 Å². The molecule has 1 aliphatic heterocycles. The summed E-state index contributed by atoms with van der Waals surface area (Å²) in [4.78, 5) is 3.87. The number of phenols is 1. The summed E-state index contributed by atoms with van der Waals surface area (Å²) >= 11 is 0. The molecule has 1 aliphatic rings. The largest absolute Gasteiger partial charge is 0.504 e. The van der Waals surface area contributed by atoms with Crippen molar-refractivity contribution in [3.05, 3.63) is 35.4 Å². The fourth-order valence-electron chi connectivity index (χ4n) is 1.23. The predicted molar refractivity (Wildman–Crippen MR) is 57.2 cm³/mol. The highest BCUT2D eigenvalue weighted by Gasteiger charge is 2.06. The van der Waals surface area contributed by atoms with E-state index in [1.165, 1.54) is 18.6 Å². The molecule has 0 fully saturated rings. The summed E-state index contributed by atoms with van der Waals surface area (Å²) in [7, 11) is 0.203. The van der Waals surface area contributed by atoms with Crippen molar-refractivity contribution in [2.45, 2.75) is 0 Å². The molecule has 0 aliphatic carbocycles. The predicted octanol–water partition coefficient (Wildman–Crippen LogP) is 1.18. The Bertz CT molecular complexity index is 480. The Hall–Kier alpha value is -1.62. The minimum Gasteiger partial charge on any atom is -0.504 e. The molecule has 0 radical (unpaired) electrons. The summed E-state index contributed by atoms with van der Waals surface area (Å²) in [5.41, 5.74) is 0.657. The van der Waals surface area contributed by atoms with Crippen LogP contribution in [0.5, 0.6) is 11.5 Å². The monoisotopic (exact) mass is 222 g/mol. The number of aromatic hydroxyl groups is 1. The van der Waals surface area contributed by atoms with E-state index in [1.54, 1.807) is 12.1 Å². The Morgan fingerprint density at radius 3 is 2.93 bits per heavy atom. The number of nitrogens with zero attached hydrogens (tertiary/aromatic N) is 1. The Labute approximate surface area is 89.4 Å². The van der Waals surface area contributed by atoms with Crippen LogP contribution in [0.2, 0.25) is 0 Å². The molecule has 0 bridgehead atoms. The molecule has 4 nitrogen and oxygen atoms in total. The van der Waals surface area contributed by atoms with E-state index in [2.05, 4.69) is 11.2 Å². The second kappa shape index (κ2) is 3.86. The number of phenolic OH excluding ortho intramolecular Hbond substituents is 1. The minimum absolute atomic E-state index is 0.0440. The van der Waals surface area contributed by atoms with Crippen molar-refractivity contribution in [2.75, 3.05) is 7.11 Å². The van der Waals surface area contributed by atoms with Crippen molar-refractivity contribution < 1.29 is 14.1 Å². The number of aliphatic imine (C=N–C) groups is 1. The van der Waals surface area contributed by atoms with Crippen LogP contribution in [0, 0.1) is 6.20 Å². The minimum atomic E-state index is -1.25. The summed E-state index contributed by atoms with van der Waals surface area (Å²) in [6.45, 7) is 0. The van der Waals surface area contributed by atoms with Gasteiger partial charge in [0.25, 0.3) is 0 Å². The average Bonchev–Trinajstić information content (AvgIpc) is 2.65. The van der Waals surface area contributed by atoms with Gasteiger partial charge in [-0.2, -0.15) is 0 Å². The molecule has 2 rings (SSSR count). The highest BCUT2D eigenvalue weighted by molar-refractivity contribution is 8.04. The molecular formula is C10H8NO3S-. The van der Waals surface area contributed by atoms with Gasteiger partial charge in [-0.3, -0.25) is 4.21 Å². The maximum absolute atomic E-state index is 11.4. The Morgan fingerprint density at radius 2 is 2.33 bits per heavy atom. The third kappa shape index (κ3) is 1.78. The summed E-state index contributed by atoms with van der Waals surface area (Å²) in [6.07, 6.45) is 2.53. The number of benzene rings is 1. The van der Waals surface area contributed by atoms with E-state index in [9.17, 15) is 9.32 Å². The molecule has 1 unspecified atom stereocenters. The van der Waals surface area contributed by atoms with Gasteiger partial charge in [0.1, 0.15) is 0 Å². The quantitative estimate of drug-likeness (QED) is 0.764. The lowest BCUT2D eigenvalue weighted by Crippen LogP contribution is -2.03. The van der Waals surface area contributed by atoms with E-state index in [4.69, 9.17) is 4.74 Å². The smallest absolute Gasteiger partial charge is 0.159 e. The van der Waals surface area contributed by atoms with Crippen LogP contribution in [-0.4, -0.2) is 21.5 Å². The van der Waals surface area contributed by atoms with Crippen molar-refractivity contribution in [3.63, 3.8) is 0 Å². The highest BCUT2D eigenvalue weighted by Crippen LogP contribution is 2.27. The maximum atomic E-state index is 11.4. The van der Waals surface area contributed by atoms with Gasteiger partial charge >= 0.3 is 0 Å². The molecule has 1 aromatic rings. The van der Waals surface area contributed by atoms with E-state index in [0.717, 1.165) is 0 Å². The molecule has 5 heteroatoms. The van der Waals surface area contributed by atoms with Crippen LogP contribution < -0.4 is 4.74 Å². The first-order valence-electron chi connectivity index (χ1n) is 4.17. The van der Waals surface area contributed by atoms with E-state index in [1.807, 2.05) is 0 Å². The van der Waals surface area contributed by atoms with Crippen LogP contribution in [0.25, 0.3) is 0 Å². The van der Waals surface area contributed by atoms with Crippen molar-refractivity contribution in [2.24, 2.45) is 4.99 Å². The average molecular weight is 222 g/mol. The van der Waals surface area contributed by atoms with Gasteiger partial charge in [0, 0.05) is 0 Å². The van der Waals surface area contributed by atoms with Crippen LogP contribution >= 0.6 is 0 Å². The van der Waals surface area contributed by atoms with Gasteiger partial charge in [0.2, 0.25) is 0 Å². The second-order valence-corrected chi connectivity index (χ2v) is 4.07. The zero-order valence-corrected chi connectivity index (χ0v) is 8.75. The van der Waals surface area contributed by atoms with Gasteiger partial charge in [0.15, 0.2) is 11.5 Å². The zero-order valence-electron chi connectivity index (χ0n) is 7.93. The normalized spacial score (nSPS) is 19.0. The first-order valence-corrected chi connectivity index (χ1v) is 5.38. The molecule has 78 valence electrons. The third-order valence-electron chi connectivity index (χ3n) is 1.94. The summed E-state index contributed by atoms with van der Waals surface area (Å²) in [5, 5.41) is 11.2. The van der Waals surface area contributed by atoms with Crippen molar-refractivity contribution in [3.8, 4) is 11.5 Å². The van der Waals surface area contributed by atoms with Gasteiger partial charge in [-0.25, -0.2) is 0 Å². The van der Waals surface area contributed by atoms with Crippen LogP contribution in [0.3, 0.4) is 0 Å². The Balaban J connectivity index is 2.42. The number of methoxy groups -OCH3 is 1. The topological polar surface area (TPSA) is 58.9 Å². The van der Waals surface area contributed by atoms with Crippen LogP contribution in [0.15, 0.2) is 28.6 Å². The zero-order chi connectivity index (χ0) is 10.8. The number of hydrogen-bond acceptors (Lipinski definition) is 4. The maximum Gasteiger partial charge on any atom is 0.159 e. The second-order valence-electron chi connectivity index (χ2n) is 2.85. The van der Waals surface area contributed by atoms with E-state index in [0.29, 0.717) is 16.4 Å². The van der Waals surface area contributed by atoms with E-state index in [-0.39, 0.29) is 5.75 Å². The molecule has 0 aromatic heterocycles. The van der Waals surface area contributed by atoms with Gasteiger partial charge in [-0.05, 0) is 28.0 Å². The van der Waals surface area contributed by atoms with Crippen molar-refractivity contribution in [1.82, 2.24) is 0 Å². The molecular weight excluding hydrogens is 214 g/mol. The number of ether oxygens (including phenoxy) is 1. The first-order chi connectivity index (χ1) is 7.22. The Morgan fingerprint density at radius 1 is 1.53 bits per heavy atom. The van der Waals surface area contributed by atoms with Crippen LogP contribution in [-0.2, 0) is 10.8 Å². The fourth-order valence-corrected chi connectivity index (χ4v) is 1.99. The Kier molecular flexibility index (Phi) is 2.55. The van der Waals surface area contributed by atoms with Crippen molar-refractivity contribution >= 4 is 15.8 Å². The lowest BCUT2D eigenvalue weighted by Gasteiger charge is -2.10. The van der Waals surface area contributed by atoms with E-state index >= 15 is 0 Å². The SMILES string of the molecule is COc1cc(C2=N[C-]=CS2=O)ccc1O. The molecule has 0 saturated carbocycles. The molecule has 1 heterocycles. The first kappa shape index (κ1) is 9.92. The molecule has 15 heavy (non-hydrogen) atoms.